The van der Waals surface area contributed by atoms with Gasteiger partial charge in [-0.15, -0.1) is 0 Å². The quantitative estimate of drug-likeness (QED) is 0.363. The summed E-state index contributed by atoms with van der Waals surface area (Å²) in [4.78, 5) is 36.0. The Labute approximate surface area is 230 Å². The fraction of sp³-hybridized carbons (Fsp3) is 0.567. The number of aromatic carboxylic acids is 1. The maximum atomic E-state index is 12.6. The van der Waals surface area contributed by atoms with Gasteiger partial charge in [-0.3, -0.25) is 4.79 Å². The average molecular weight is 543 g/mol. The monoisotopic (exact) mass is 542 g/mol. The molecule has 0 bridgehead atoms. The topological polar surface area (TPSA) is 116 Å². The first kappa shape index (κ1) is 30.1. The van der Waals surface area contributed by atoms with Crippen molar-refractivity contribution < 1.29 is 28.9 Å². The van der Waals surface area contributed by atoms with E-state index in [0.717, 1.165) is 36.8 Å². The molecule has 214 valence electrons. The molecule has 9 nitrogen and oxygen atoms in total. The summed E-state index contributed by atoms with van der Waals surface area (Å²) < 4.78 is 18.9. The van der Waals surface area contributed by atoms with Gasteiger partial charge in [0.15, 0.2) is 16.9 Å². The molecule has 1 aliphatic rings. The number of nitrogens with one attached hydrogen (secondary N) is 1. The molecule has 9 heteroatoms. The summed E-state index contributed by atoms with van der Waals surface area (Å²) in [6.07, 6.45) is 5.37. The molecule has 1 atom stereocenters. The van der Waals surface area contributed by atoms with Gasteiger partial charge in [-0.2, -0.15) is 0 Å². The number of carboxylic acid groups (broad SMARTS) is 1. The van der Waals surface area contributed by atoms with E-state index in [1.807, 2.05) is 37.5 Å². The lowest BCUT2D eigenvalue weighted by atomic mass is 9.78. The molecule has 0 unspecified atom stereocenters. The van der Waals surface area contributed by atoms with E-state index in [0.29, 0.717) is 36.8 Å². The zero-order valence-electron chi connectivity index (χ0n) is 24.2. The third kappa shape index (κ3) is 7.77. The molecule has 39 heavy (non-hydrogen) atoms. The van der Waals surface area contributed by atoms with E-state index in [-0.39, 0.29) is 17.0 Å². The first-order valence-corrected chi connectivity index (χ1v) is 13.5. The number of hydrogen-bond donors (Lipinski definition) is 2. The molecule has 0 spiro atoms. The van der Waals surface area contributed by atoms with Crippen molar-refractivity contribution in [2.75, 3.05) is 20.3 Å². The number of fused-ring (bicyclic) bond motifs is 3. The van der Waals surface area contributed by atoms with Crippen LogP contribution in [0.1, 0.15) is 89.2 Å². The van der Waals surface area contributed by atoms with Crippen molar-refractivity contribution in [2.45, 2.75) is 85.3 Å². The van der Waals surface area contributed by atoms with E-state index in [4.69, 9.17) is 14.2 Å². The Morgan fingerprint density at radius 2 is 1.72 bits per heavy atom. The fourth-order valence-corrected chi connectivity index (χ4v) is 4.76. The lowest BCUT2D eigenvalue weighted by Crippen LogP contribution is -2.33. The van der Waals surface area contributed by atoms with E-state index in [9.17, 15) is 19.5 Å². The zero-order chi connectivity index (χ0) is 29.0. The minimum Gasteiger partial charge on any atom is -0.493 e. The highest BCUT2D eigenvalue weighted by Crippen LogP contribution is 2.45. The van der Waals surface area contributed by atoms with Crippen LogP contribution < -0.4 is 20.2 Å². The van der Waals surface area contributed by atoms with Crippen LogP contribution in [0.25, 0.3) is 11.3 Å². The molecule has 1 aliphatic heterocycles. The number of methoxy groups -OCH3 is 1. The Kier molecular flexibility index (Phi) is 9.35. The third-order valence-electron chi connectivity index (χ3n) is 6.72. The summed E-state index contributed by atoms with van der Waals surface area (Å²) in [5, 5.41) is 12.3. The van der Waals surface area contributed by atoms with Crippen LogP contribution >= 0.6 is 0 Å². The lowest BCUT2D eigenvalue weighted by molar-refractivity contribution is 0.0526. The van der Waals surface area contributed by atoms with Gasteiger partial charge in [-0.1, -0.05) is 33.6 Å². The second kappa shape index (κ2) is 12.1. The number of unbranched alkanes of at least 4 members (excludes halogenated alkanes) is 3. The highest BCUT2D eigenvalue weighted by atomic mass is 16.6. The van der Waals surface area contributed by atoms with Gasteiger partial charge in [-0.05, 0) is 63.1 Å². The Bertz CT molecular complexity index is 1250. The molecule has 2 heterocycles. The molecule has 0 aliphatic carbocycles. The van der Waals surface area contributed by atoms with Crippen LogP contribution in [0.4, 0.5) is 4.79 Å². The number of benzene rings is 1. The lowest BCUT2D eigenvalue weighted by Gasteiger charge is -2.39. The van der Waals surface area contributed by atoms with E-state index in [1.54, 1.807) is 7.11 Å². The van der Waals surface area contributed by atoms with E-state index in [1.165, 1.54) is 12.3 Å². The molecule has 1 amide bonds. The normalized spacial score (nSPS) is 14.7. The summed E-state index contributed by atoms with van der Waals surface area (Å²) in [5.74, 6) is -0.0197. The van der Waals surface area contributed by atoms with Crippen LogP contribution in [0.2, 0.25) is 0 Å². The molecule has 0 saturated heterocycles. The summed E-state index contributed by atoms with van der Waals surface area (Å²) in [7, 11) is 1.58. The summed E-state index contributed by atoms with van der Waals surface area (Å²) >= 11 is 0. The Hall–Kier alpha value is -3.49. The molecule has 0 fully saturated rings. The van der Waals surface area contributed by atoms with Crippen LogP contribution in [0.5, 0.6) is 11.5 Å². The predicted molar refractivity (Wildman–Crippen MR) is 150 cm³/mol. The van der Waals surface area contributed by atoms with E-state index in [2.05, 4.69) is 26.1 Å². The number of ether oxygens (including phenoxy) is 3. The maximum Gasteiger partial charge on any atom is 0.407 e. The molecule has 3 rings (SSSR count). The van der Waals surface area contributed by atoms with Crippen molar-refractivity contribution in [3.8, 4) is 22.8 Å². The third-order valence-corrected chi connectivity index (χ3v) is 6.72. The second-order valence-electron chi connectivity index (χ2n) is 12.1. The first-order valence-electron chi connectivity index (χ1n) is 13.5. The molecule has 2 N–H and O–H groups in total. The van der Waals surface area contributed by atoms with Crippen molar-refractivity contribution in [3.05, 3.63) is 45.7 Å². The first-order chi connectivity index (χ1) is 18.2. The van der Waals surface area contributed by atoms with E-state index < -0.39 is 23.1 Å². The van der Waals surface area contributed by atoms with Gasteiger partial charge in [0.2, 0.25) is 0 Å². The standard InChI is InChI=1S/C30H42N2O7/c1-29(2,3)26-15-19-14-25(38-13-11-9-8-10-12-31-28(36)39-30(4,5)6)24(37-7)16-20(19)22-17-23(33)21(27(34)35)18-32(22)26/h14,16-18,26H,8-13,15H2,1-7H3,(H,31,36)(H,34,35)/t26-/m0/s1. The zero-order valence-corrected chi connectivity index (χ0v) is 24.2. The number of rotatable bonds is 10. The van der Waals surface area contributed by atoms with Crippen molar-refractivity contribution in [2.24, 2.45) is 5.41 Å². The summed E-state index contributed by atoms with van der Waals surface area (Å²) in [5.41, 5.74) is 1.11. The van der Waals surface area contributed by atoms with Gasteiger partial charge >= 0.3 is 12.1 Å². The number of aromatic nitrogens is 1. The van der Waals surface area contributed by atoms with Gasteiger partial charge < -0.3 is 29.2 Å². The summed E-state index contributed by atoms with van der Waals surface area (Å²) in [6.45, 7) is 12.9. The highest BCUT2D eigenvalue weighted by molar-refractivity contribution is 5.88. The number of carbonyl (C=O) groups excluding carboxylic acids is 1. The van der Waals surface area contributed by atoms with Crippen LogP contribution in [-0.2, 0) is 11.2 Å². The number of carboxylic acids is 1. The maximum absolute atomic E-state index is 12.6. The van der Waals surface area contributed by atoms with Crippen molar-refractivity contribution >= 4 is 12.1 Å². The fourth-order valence-electron chi connectivity index (χ4n) is 4.76. The van der Waals surface area contributed by atoms with Crippen molar-refractivity contribution in [1.29, 1.82) is 0 Å². The Morgan fingerprint density at radius 3 is 2.33 bits per heavy atom. The largest absolute Gasteiger partial charge is 0.493 e. The van der Waals surface area contributed by atoms with Crippen LogP contribution in [0.3, 0.4) is 0 Å². The number of hydrogen-bond acceptors (Lipinski definition) is 6. The SMILES string of the molecule is COc1cc2c(cc1OCCCCCCNC(=O)OC(C)(C)C)C[C@@H](C(C)(C)C)n1cc(C(=O)O)c(=O)cc1-2. The van der Waals surface area contributed by atoms with Gasteiger partial charge in [0.25, 0.3) is 0 Å². The molecule has 0 radical (unpaired) electrons. The molecular formula is C30H42N2O7. The Morgan fingerprint density at radius 1 is 1.03 bits per heavy atom. The second-order valence-corrected chi connectivity index (χ2v) is 12.1. The van der Waals surface area contributed by atoms with Gasteiger partial charge in [0.1, 0.15) is 11.2 Å². The molecule has 1 aromatic heterocycles. The number of carbonyl (C=O) groups is 2. The molecular weight excluding hydrogens is 500 g/mol. The number of nitrogens with zero attached hydrogens (tertiary/aromatic N) is 1. The molecule has 2 aromatic rings. The van der Waals surface area contributed by atoms with Crippen LogP contribution in [-0.4, -0.2) is 47.6 Å². The number of pyridine rings is 1. The van der Waals surface area contributed by atoms with Crippen LogP contribution in [0, 0.1) is 5.41 Å². The smallest absolute Gasteiger partial charge is 0.407 e. The van der Waals surface area contributed by atoms with Gasteiger partial charge in [0, 0.05) is 30.4 Å². The molecule has 1 aromatic carbocycles. The predicted octanol–water partition coefficient (Wildman–Crippen LogP) is 5.83. The highest BCUT2D eigenvalue weighted by Gasteiger charge is 2.34. The van der Waals surface area contributed by atoms with Gasteiger partial charge in [-0.25, -0.2) is 9.59 Å². The van der Waals surface area contributed by atoms with Gasteiger partial charge in [0.05, 0.1) is 19.4 Å². The van der Waals surface area contributed by atoms with E-state index >= 15 is 0 Å². The minimum atomic E-state index is -1.23. The number of alkyl carbamates (subject to hydrolysis) is 1. The number of amides is 1. The van der Waals surface area contributed by atoms with Crippen LogP contribution in [0.15, 0.2) is 29.2 Å². The minimum absolute atomic E-state index is 0.0470. The van der Waals surface area contributed by atoms with Crippen molar-refractivity contribution in [3.63, 3.8) is 0 Å². The Balaban J connectivity index is 1.67. The molecule has 0 saturated carbocycles. The summed E-state index contributed by atoms with van der Waals surface area (Å²) in [6, 6.07) is 5.22. The average Bonchev–Trinajstić information content (AvgIpc) is 2.82. The van der Waals surface area contributed by atoms with Crippen molar-refractivity contribution in [1.82, 2.24) is 9.88 Å².